The van der Waals surface area contributed by atoms with Crippen molar-refractivity contribution in [3.8, 4) is 11.1 Å². The second-order valence-electron chi connectivity index (χ2n) is 8.00. The van der Waals surface area contributed by atoms with Crippen LogP contribution < -0.4 is 20.9 Å². The van der Waals surface area contributed by atoms with Gasteiger partial charge in [-0.15, -0.1) is 16.5 Å². The van der Waals surface area contributed by atoms with Gasteiger partial charge in [-0.05, 0) is 30.7 Å². The average Bonchev–Trinajstić information content (AvgIpc) is 3.58. The lowest BCUT2D eigenvalue weighted by atomic mass is 9.98. The fourth-order valence-electron chi connectivity index (χ4n) is 4.20. The van der Waals surface area contributed by atoms with Gasteiger partial charge in [-0.3, -0.25) is 0 Å². The molecule has 5 rings (SSSR count). The normalized spacial score (nSPS) is 18.5. The maximum absolute atomic E-state index is 13.3. The van der Waals surface area contributed by atoms with Crippen LogP contribution in [-0.4, -0.2) is 53.5 Å². The monoisotopic (exact) mass is 534 g/mol. The van der Waals surface area contributed by atoms with Crippen molar-refractivity contribution >= 4 is 47.4 Å². The van der Waals surface area contributed by atoms with Gasteiger partial charge in [0.25, 0.3) is 0 Å². The maximum atomic E-state index is 13.3. The standard InChI is InChI=1S/C20H22N8O4S3/c21-8-16-26-18-13(2-1-3-14(18)33-16)12-4-5-15(35(31,32)28-11-6-7-23-9-11)19(34(22,29)30)17(12)20-24-10-25-27-20/h1-5,11,23,28H,6-10,21H2,(H2,22,29,30)/t11-/m1/s1. The number of hydrogen-bond donors (Lipinski definition) is 4. The van der Waals surface area contributed by atoms with E-state index in [1.54, 1.807) is 12.1 Å². The Labute approximate surface area is 205 Å². The van der Waals surface area contributed by atoms with Gasteiger partial charge in [0.05, 0.1) is 15.8 Å². The third-order valence-electron chi connectivity index (χ3n) is 5.68. The molecule has 3 heterocycles. The van der Waals surface area contributed by atoms with E-state index in [4.69, 9.17) is 10.9 Å². The average molecular weight is 535 g/mol. The van der Waals surface area contributed by atoms with Gasteiger partial charge in [0.1, 0.15) is 14.8 Å². The summed E-state index contributed by atoms with van der Waals surface area (Å²) in [7, 11) is -8.81. The second-order valence-corrected chi connectivity index (χ2v) is 12.3. The number of rotatable bonds is 7. The molecule has 1 atom stereocenters. The van der Waals surface area contributed by atoms with Crippen LogP contribution in [0.25, 0.3) is 21.3 Å². The van der Waals surface area contributed by atoms with Crippen molar-refractivity contribution in [1.29, 1.82) is 0 Å². The number of nitrogens with one attached hydrogen (secondary N) is 2. The minimum absolute atomic E-state index is 0.0139. The fourth-order valence-corrected chi connectivity index (χ4v) is 7.94. The number of azo groups is 1. The molecule has 2 aromatic carbocycles. The summed E-state index contributed by atoms with van der Waals surface area (Å²) in [6, 6.07) is 7.83. The van der Waals surface area contributed by atoms with E-state index in [-0.39, 0.29) is 30.7 Å². The molecule has 2 aliphatic rings. The van der Waals surface area contributed by atoms with Crippen LogP contribution in [0.1, 0.15) is 17.0 Å². The zero-order chi connectivity index (χ0) is 24.8. The van der Waals surface area contributed by atoms with E-state index >= 15 is 0 Å². The summed E-state index contributed by atoms with van der Waals surface area (Å²) in [5.41, 5.74) is 7.28. The highest BCUT2D eigenvalue weighted by Crippen LogP contribution is 2.38. The van der Waals surface area contributed by atoms with E-state index in [1.165, 1.54) is 23.5 Å². The third kappa shape index (κ3) is 4.51. The van der Waals surface area contributed by atoms with E-state index in [0.29, 0.717) is 41.2 Å². The number of hydrogen-bond acceptors (Lipinski definition) is 11. The smallest absolute Gasteiger partial charge is 0.242 e. The van der Waals surface area contributed by atoms with Crippen molar-refractivity contribution in [2.24, 2.45) is 26.1 Å². The van der Waals surface area contributed by atoms with Crippen LogP contribution in [0.5, 0.6) is 0 Å². The van der Waals surface area contributed by atoms with Gasteiger partial charge in [0.15, 0.2) is 12.5 Å². The Morgan fingerprint density at radius 3 is 2.63 bits per heavy atom. The lowest BCUT2D eigenvalue weighted by molar-refractivity contribution is 0.555. The van der Waals surface area contributed by atoms with Gasteiger partial charge in [-0.25, -0.2) is 36.7 Å². The number of para-hydroxylation sites is 1. The van der Waals surface area contributed by atoms with Crippen LogP contribution >= 0.6 is 11.3 Å². The predicted octanol–water partition coefficient (Wildman–Crippen LogP) is 0.880. The van der Waals surface area contributed by atoms with Gasteiger partial charge >= 0.3 is 0 Å². The summed E-state index contributed by atoms with van der Waals surface area (Å²) in [6.07, 6.45) is 0.575. The number of primary sulfonamides is 1. The van der Waals surface area contributed by atoms with Gasteiger partial charge in [-0.1, -0.05) is 18.2 Å². The first-order valence-electron chi connectivity index (χ1n) is 10.6. The summed E-state index contributed by atoms with van der Waals surface area (Å²) in [4.78, 5) is 7.73. The molecule has 0 bridgehead atoms. The topological polar surface area (TPSA) is 194 Å². The number of nitrogens with zero attached hydrogens (tertiary/aromatic N) is 4. The van der Waals surface area contributed by atoms with Crippen molar-refractivity contribution in [2.45, 2.75) is 28.8 Å². The number of benzene rings is 2. The molecule has 184 valence electrons. The zero-order valence-electron chi connectivity index (χ0n) is 18.3. The number of nitrogens with two attached hydrogens (primary N) is 2. The Hall–Kier alpha value is -2.66. The van der Waals surface area contributed by atoms with Gasteiger partial charge in [0, 0.05) is 24.7 Å². The van der Waals surface area contributed by atoms with E-state index < -0.39 is 29.8 Å². The number of fused-ring (bicyclic) bond motifs is 1. The molecule has 1 fully saturated rings. The molecule has 0 saturated carbocycles. The summed E-state index contributed by atoms with van der Waals surface area (Å²) in [6.45, 7) is 1.32. The highest BCUT2D eigenvalue weighted by Gasteiger charge is 2.34. The Bertz CT molecular complexity index is 1590. The Kier molecular flexibility index (Phi) is 6.25. The number of amidine groups is 1. The van der Waals surface area contributed by atoms with Gasteiger partial charge < -0.3 is 11.1 Å². The number of sulfonamides is 2. The van der Waals surface area contributed by atoms with Crippen LogP contribution in [0.3, 0.4) is 0 Å². The molecule has 0 unspecified atom stereocenters. The molecule has 0 amide bonds. The lowest BCUT2D eigenvalue weighted by Crippen LogP contribution is -2.37. The number of aliphatic imine (C=N–C) groups is 1. The van der Waals surface area contributed by atoms with E-state index in [0.717, 1.165) is 4.70 Å². The van der Waals surface area contributed by atoms with Crippen molar-refractivity contribution < 1.29 is 16.8 Å². The summed E-state index contributed by atoms with van der Waals surface area (Å²) < 4.78 is 56.0. The molecule has 0 aliphatic carbocycles. The summed E-state index contributed by atoms with van der Waals surface area (Å²) >= 11 is 1.42. The van der Waals surface area contributed by atoms with Gasteiger partial charge in [-0.2, -0.15) is 5.11 Å². The van der Waals surface area contributed by atoms with E-state index in [9.17, 15) is 16.8 Å². The number of thiazole rings is 1. The van der Waals surface area contributed by atoms with Crippen molar-refractivity contribution in [3.63, 3.8) is 0 Å². The van der Waals surface area contributed by atoms with E-state index in [1.807, 2.05) is 6.07 Å². The first kappa shape index (κ1) is 24.1. The highest BCUT2D eigenvalue weighted by molar-refractivity contribution is 7.92. The molecular weight excluding hydrogens is 512 g/mol. The third-order valence-corrected chi connectivity index (χ3v) is 9.41. The minimum Gasteiger partial charge on any atom is -0.325 e. The summed E-state index contributed by atoms with van der Waals surface area (Å²) in [5, 5.41) is 17.2. The predicted molar refractivity (Wildman–Crippen MR) is 132 cm³/mol. The molecule has 6 N–H and O–H groups in total. The fraction of sp³-hybridized carbons (Fsp3) is 0.300. The molecule has 12 nitrogen and oxygen atoms in total. The molecule has 15 heteroatoms. The zero-order valence-corrected chi connectivity index (χ0v) is 20.8. The molecule has 2 aliphatic heterocycles. The molecule has 0 spiro atoms. The van der Waals surface area contributed by atoms with Crippen LogP contribution in [-0.2, 0) is 26.6 Å². The quantitative estimate of drug-likeness (QED) is 0.345. The Morgan fingerprint density at radius 2 is 1.97 bits per heavy atom. The largest absolute Gasteiger partial charge is 0.325 e. The van der Waals surface area contributed by atoms with Crippen LogP contribution in [0.2, 0.25) is 0 Å². The molecular formula is C20H22N8O4S3. The molecule has 3 aromatic rings. The van der Waals surface area contributed by atoms with Crippen LogP contribution in [0.4, 0.5) is 0 Å². The first-order chi connectivity index (χ1) is 16.7. The molecule has 0 radical (unpaired) electrons. The second kappa shape index (κ2) is 9.09. The number of aromatic nitrogens is 1. The Balaban J connectivity index is 1.81. The molecule has 1 aromatic heterocycles. The van der Waals surface area contributed by atoms with Gasteiger partial charge in [0.2, 0.25) is 20.0 Å². The van der Waals surface area contributed by atoms with Crippen LogP contribution in [0.15, 0.2) is 55.3 Å². The summed E-state index contributed by atoms with van der Waals surface area (Å²) in [5.74, 6) is -0.0186. The first-order valence-corrected chi connectivity index (χ1v) is 14.5. The van der Waals surface area contributed by atoms with E-state index in [2.05, 4.69) is 30.2 Å². The van der Waals surface area contributed by atoms with Crippen molar-refractivity contribution in [1.82, 2.24) is 15.0 Å². The minimum atomic E-state index is -4.56. The Morgan fingerprint density at radius 1 is 1.14 bits per heavy atom. The van der Waals surface area contributed by atoms with Crippen molar-refractivity contribution in [2.75, 3.05) is 19.8 Å². The van der Waals surface area contributed by atoms with Crippen LogP contribution in [0, 0.1) is 0 Å². The SMILES string of the molecule is NCc1nc2c(-c3ccc(S(=O)(=O)N[C@@H]4CCNC4)c(S(N)(=O)=O)c3C3=NCN=N3)cccc2s1. The lowest BCUT2D eigenvalue weighted by Gasteiger charge is -2.19. The molecule has 1 saturated heterocycles. The highest BCUT2D eigenvalue weighted by atomic mass is 32.2. The maximum Gasteiger partial charge on any atom is 0.242 e. The van der Waals surface area contributed by atoms with Crippen molar-refractivity contribution in [3.05, 3.63) is 40.9 Å². The molecule has 35 heavy (non-hydrogen) atoms.